The van der Waals surface area contributed by atoms with Gasteiger partial charge >= 0.3 is 0 Å². The Labute approximate surface area is 267 Å². The van der Waals surface area contributed by atoms with Crippen LogP contribution in [0, 0.1) is 35.8 Å². The molecule has 0 aliphatic heterocycles. The van der Waals surface area contributed by atoms with Gasteiger partial charge in [-0.05, 0) is 54.6 Å². The first-order valence-corrected chi connectivity index (χ1v) is 14.8. The van der Waals surface area contributed by atoms with Gasteiger partial charge in [0, 0.05) is 32.8 Å². The normalized spacial score (nSPS) is 11.3. The largest absolute Gasteiger partial charge is 0.455 e. The molecular formula is C40H18N6O. The molecule has 0 aliphatic carbocycles. The van der Waals surface area contributed by atoms with Gasteiger partial charge in [-0.25, -0.2) is 9.69 Å². The molecule has 3 aromatic heterocycles. The van der Waals surface area contributed by atoms with E-state index in [1.54, 1.807) is 0 Å². The molecule has 7 heteroatoms. The van der Waals surface area contributed by atoms with Crippen LogP contribution < -0.4 is 0 Å². The summed E-state index contributed by atoms with van der Waals surface area (Å²) < 4.78 is 11.1. The Bertz CT molecular complexity index is 3000. The highest BCUT2D eigenvalue weighted by Gasteiger charge is 2.25. The Morgan fingerprint density at radius 1 is 0.553 bits per heavy atom. The van der Waals surface area contributed by atoms with Crippen LogP contribution in [0.3, 0.4) is 0 Å². The number of benzene rings is 6. The first-order valence-electron chi connectivity index (χ1n) is 14.8. The molecule has 0 amide bonds. The average Bonchev–Trinajstić information content (AvgIpc) is 3.78. The average molecular weight is 599 g/mol. The van der Waals surface area contributed by atoms with Gasteiger partial charge in [0.05, 0.1) is 69.4 Å². The van der Waals surface area contributed by atoms with Crippen molar-refractivity contribution in [3.63, 3.8) is 0 Å². The van der Waals surface area contributed by atoms with E-state index < -0.39 is 0 Å². The number of nitriles is 2. The fourth-order valence-corrected chi connectivity index (χ4v) is 7.15. The van der Waals surface area contributed by atoms with Crippen LogP contribution in [-0.4, -0.2) is 9.13 Å². The minimum atomic E-state index is -0.121. The van der Waals surface area contributed by atoms with Crippen LogP contribution in [-0.2, 0) is 0 Å². The summed E-state index contributed by atoms with van der Waals surface area (Å²) in [7, 11) is 0. The first kappa shape index (κ1) is 26.1. The highest BCUT2D eigenvalue weighted by Crippen LogP contribution is 2.46. The van der Waals surface area contributed by atoms with Gasteiger partial charge in [-0.15, -0.1) is 0 Å². The van der Waals surface area contributed by atoms with Crippen LogP contribution >= 0.6 is 0 Å². The Balaban J connectivity index is 1.44. The van der Waals surface area contributed by atoms with Crippen molar-refractivity contribution in [2.45, 2.75) is 0 Å². The van der Waals surface area contributed by atoms with E-state index in [0.717, 1.165) is 65.7 Å². The zero-order chi connectivity index (χ0) is 31.8. The molecule has 214 valence electrons. The topological polar surface area (TPSA) is 79.3 Å². The lowest BCUT2D eigenvalue weighted by molar-refractivity contribution is 0.677. The molecule has 9 rings (SSSR count). The number of hydrogen-bond acceptors (Lipinski definition) is 3. The maximum atomic E-state index is 10.3. The molecule has 0 N–H and O–H groups in total. The second-order valence-corrected chi connectivity index (χ2v) is 11.3. The van der Waals surface area contributed by atoms with Gasteiger partial charge in [-0.2, -0.15) is 10.5 Å². The summed E-state index contributed by atoms with van der Waals surface area (Å²) in [6.07, 6.45) is 0. The zero-order valence-electron chi connectivity index (χ0n) is 24.5. The highest BCUT2D eigenvalue weighted by molar-refractivity contribution is 6.29. The molecule has 0 saturated heterocycles. The molecule has 47 heavy (non-hydrogen) atoms. The van der Waals surface area contributed by atoms with Crippen molar-refractivity contribution in [2.75, 3.05) is 0 Å². The van der Waals surface area contributed by atoms with Crippen molar-refractivity contribution in [1.29, 1.82) is 10.5 Å². The molecule has 9 aromatic rings. The highest BCUT2D eigenvalue weighted by atomic mass is 16.3. The third-order valence-electron chi connectivity index (χ3n) is 9.04. The summed E-state index contributed by atoms with van der Waals surface area (Å²) in [5.74, 6) is 0. The van der Waals surface area contributed by atoms with Crippen molar-refractivity contribution in [3.8, 4) is 23.5 Å². The predicted octanol–water partition coefficient (Wildman–Crippen LogP) is 10.6. The summed E-state index contributed by atoms with van der Waals surface area (Å²) >= 11 is 0. The Hall–Kier alpha value is -7.32. The third-order valence-corrected chi connectivity index (χ3v) is 9.04. The maximum absolute atomic E-state index is 10.3. The van der Waals surface area contributed by atoms with E-state index >= 15 is 0 Å². The number of aromatic nitrogens is 2. The fourth-order valence-electron chi connectivity index (χ4n) is 7.15. The molecule has 0 atom stereocenters. The van der Waals surface area contributed by atoms with Gasteiger partial charge < -0.3 is 13.6 Å². The van der Waals surface area contributed by atoms with Gasteiger partial charge in [-0.1, -0.05) is 54.6 Å². The minimum Gasteiger partial charge on any atom is -0.455 e. The summed E-state index contributed by atoms with van der Waals surface area (Å²) in [5, 5.41) is 26.0. The molecule has 7 nitrogen and oxygen atoms in total. The summed E-state index contributed by atoms with van der Waals surface area (Å²) in [4.78, 5) is 6.97. The standard InChI is InChI=1S/C40H18N6O/c1-43-37-23(21-41)20-34(29(22-42)38(37)44-2)46-31-15-9-7-13-28(31)36-33(46)19-17-26-25-16-18-32-35(39(25)47-40(26)36)27-12-6-8-14-30(27)45(32)24-10-4-3-5-11-24/h3-20H. The zero-order valence-corrected chi connectivity index (χ0v) is 24.5. The van der Waals surface area contributed by atoms with E-state index in [0.29, 0.717) is 11.3 Å². The Morgan fingerprint density at radius 2 is 1.11 bits per heavy atom. The van der Waals surface area contributed by atoms with Gasteiger partial charge in [0.1, 0.15) is 11.2 Å². The van der Waals surface area contributed by atoms with Crippen LogP contribution in [0.15, 0.2) is 114 Å². The number of para-hydroxylation sites is 3. The quantitative estimate of drug-likeness (QED) is 0.186. The van der Waals surface area contributed by atoms with Crippen LogP contribution in [0.2, 0.25) is 0 Å². The number of hydrogen-bond donors (Lipinski definition) is 0. The number of rotatable bonds is 2. The molecule has 6 aromatic carbocycles. The molecule has 0 aliphatic rings. The molecule has 0 radical (unpaired) electrons. The fraction of sp³-hybridized carbons (Fsp3) is 0. The molecule has 0 saturated carbocycles. The van der Waals surface area contributed by atoms with Crippen LogP contribution in [0.1, 0.15) is 11.1 Å². The van der Waals surface area contributed by atoms with E-state index in [4.69, 9.17) is 17.6 Å². The molecule has 0 fully saturated rings. The minimum absolute atomic E-state index is 0.0489. The van der Waals surface area contributed by atoms with Crippen LogP contribution in [0.25, 0.3) is 86.6 Å². The van der Waals surface area contributed by atoms with Gasteiger partial charge in [0.2, 0.25) is 11.4 Å². The molecule has 0 unspecified atom stereocenters. The number of nitrogens with zero attached hydrogens (tertiary/aromatic N) is 6. The predicted molar refractivity (Wildman–Crippen MR) is 184 cm³/mol. The second kappa shape index (κ2) is 9.59. The first-order chi connectivity index (χ1) is 23.2. The Kier molecular flexibility index (Phi) is 5.33. The molecule has 0 bridgehead atoms. The van der Waals surface area contributed by atoms with E-state index in [1.165, 1.54) is 6.07 Å². The summed E-state index contributed by atoms with van der Waals surface area (Å²) in [5.41, 5.74) is 6.46. The van der Waals surface area contributed by atoms with Crippen molar-refractivity contribution in [3.05, 3.63) is 143 Å². The molecule has 0 spiro atoms. The molecule has 3 heterocycles. The Morgan fingerprint density at radius 3 is 1.68 bits per heavy atom. The van der Waals surface area contributed by atoms with Gasteiger partial charge in [-0.3, -0.25) is 0 Å². The summed E-state index contributed by atoms with van der Waals surface area (Å²) in [6.45, 7) is 15.4. The van der Waals surface area contributed by atoms with E-state index in [2.05, 4.69) is 62.8 Å². The monoisotopic (exact) mass is 598 g/mol. The van der Waals surface area contributed by atoms with E-state index in [-0.39, 0.29) is 22.5 Å². The lowest BCUT2D eigenvalue weighted by Gasteiger charge is -2.13. The maximum Gasteiger partial charge on any atom is 0.215 e. The third kappa shape index (κ3) is 3.35. The SMILES string of the molecule is [C-]#[N+]c1c(C#N)cc(-n2c3ccccc3c3c4oc5c(ccc6c5c5ccccc5n6-c5ccccc5)c4ccc32)c(C#N)c1[N+]#[C-]. The van der Waals surface area contributed by atoms with E-state index in [1.807, 2.05) is 71.3 Å². The van der Waals surface area contributed by atoms with Crippen molar-refractivity contribution < 1.29 is 4.42 Å². The van der Waals surface area contributed by atoms with Crippen molar-refractivity contribution in [1.82, 2.24) is 9.13 Å². The molecular weight excluding hydrogens is 580 g/mol. The smallest absolute Gasteiger partial charge is 0.215 e. The van der Waals surface area contributed by atoms with Crippen molar-refractivity contribution in [2.24, 2.45) is 0 Å². The second-order valence-electron chi connectivity index (χ2n) is 11.3. The number of furan rings is 1. The lowest BCUT2D eigenvalue weighted by Crippen LogP contribution is -1.99. The number of fused-ring (bicyclic) bond motifs is 11. The van der Waals surface area contributed by atoms with Gasteiger partial charge in [0.25, 0.3) is 0 Å². The van der Waals surface area contributed by atoms with Crippen molar-refractivity contribution >= 4 is 76.9 Å². The van der Waals surface area contributed by atoms with E-state index in [9.17, 15) is 10.5 Å². The summed E-state index contributed by atoms with van der Waals surface area (Å²) in [6, 6.07) is 40.5. The van der Waals surface area contributed by atoms with Crippen LogP contribution in [0.4, 0.5) is 11.4 Å². The van der Waals surface area contributed by atoms with Crippen LogP contribution in [0.5, 0.6) is 0 Å². The lowest BCUT2D eigenvalue weighted by atomic mass is 10.0. The van der Waals surface area contributed by atoms with Gasteiger partial charge in [0.15, 0.2) is 0 Å².